The lowest BCUT2D eigenvalue weighted by molar-refractivity contribution is 0.751. The molecule has 3 nitrogen and oxygen atoms in total. The smallest absolute Gasteiger partial charge is 0.217 e. The second-order valence-corrected chi connectivity index (χ2v) is 5.01. The topological polar surface area (TPSA) is 30.7 Å². The lowest BCUT2D eigenvalue weighted by Crippen LogP contribution is -1.92. The van der Waals surface area contributed by atoms with Crippen molar-refractivity contribution >= 4 is 38.9 Å². The molecule has 2 aromatic carbocycles. The average Bonchev–Trinajstić information content (AvgIpc) is 2.74. The summed E-state index contributed by atoms with van der Waals surface area (Å²) in [5, 5.41) is 6.63. The van der Waals surface area contributed by atoms with Gasteiger partial charge in [-0.15, -0.1) is 5.10 Å². The van der Waals surface area contributed by atoms with Crippen LogP contribution in [-0.2, 0) is 7.05 Å². The van der Waals surface area contributed by atoms with Crippen molar-refractivity contribution in [1.82, 2.24) is 14.8 Å². The Balaban J connectivity index is 1.94. The Kier molecular flexibility index (Phi) is 3.17. The van der Waals surface area contributed by atoms with Gasteiger partial charge in [0.15, 0.2) is 5.82 Å². The first-order chi connectivity index (χ1) is 9.22. The molecular weight excluding hydrogens is 302 g/mol. The van der Waals surface area contributed by atoms with Gasteiger partial charge >= 0.3 is 0 Å². The molecule has 3 rings (SSSR count). The summed E-state index contributed by atoms with van der Waals surface area (Å²) in [6, 6.07) is 14.7. The molecule has 3 aromatic rings. The highest BCUT2D eigenvalue weighted by Gasteiger charge is 2.00. The molecule has 4 heteroatoms. The molecule has 0 aliphatic rings. The molecule has 0 unspecified atom stereocenters. The fraction of sp³-hybridized carbons (Fsp3) is 0.0667. The van der Waals surface area contributed by atoms with Crippen LogP contribution in [0, 0.1) is 0 Å². The molecule has 0 aliphatic heterocycles. The molecule has 19 heavy (non-hydrogen) atoms. The molecule has 0 aliphatic carbocycles. The predicted octanol–water partition coefficient (Wildman–Crippen LogP) is 3.90. The highest BCUT2D eigenvalue weighted by molar-refractivity contribution is 9.10. The van der Waals surface area contributed by atoms with E-state index >= 15 is 0 Å². The molecule has 0 fully saturated rings. The summed E-state index contributed by atoms with van der Waals surface area (Å²) < 4.78 is 2.34. The Bertz CT molecular complexity index is 759. The normalized spacial score (nSPS) is 11.5. The van der Waals surface area contributed by atoms with E-state index in [1.807, 2.05) is 19.2 Å². The van der Waals surface area contributed by atoms with E-state index in [0.29, 0.717) is 4.73 Å². The summed E-state index contributed by atoms with van der Waals surface area (Å²) >= 11 is 3.26. The molecule has 1 heterocycles. The van der Waals surface area contributed by atoms with E-state index in [-0.39, 0.29) is 0 Å². The monoisotopic (exact) mass is 313 g/mol. The molecule has 1 aromatic heterocycles. The number of hydrogen-bond donors (Lipinski definition) is 0. The Morgan fingerprint density at radius 1 is 1.05 bits per heavy atom. The quantitative estimate of drug-likeness (QED) is 0.718. The number of aryl methyl sites for hydroxylation is 1. The van der Waals surface area contributed by atoms with E-state index in [1.54, 1.807) is 4.68 Å². The minimum absolute atomic E-state index is 0.605. The van der Waals surface area contributed by atoms with Crippen molar-refractivity contribution in [3.05, 3.63) is 58.6 Å². The summed E-state index contributed by atoms with van der Waals surface area (Å²) in [5.41, 5.74) is 1.15. The minimum Gasteiger partial charge on any atom is -0.248 e. The lowest BCUT2D eigenvalue weighted by Gasteiger charge is -1.99. The third-order valence-electron chi connectivity index (χ3n) is 2.97. The SMILES string of the molecule is Cn1nc(Br)nc1/C=C/c1ccc2ccccc2c1. The van der Waals surface area contributed by atoms with Crippen LogP contribution in [0.25, 0.3) is 22.9 Å². The van der Waals surface area contributed by atoms with E-state index in [1.165, 1.54) is 10.8 Å². The van der Waals surface area contributed by atoms with E-state index in [0.717, 1.165) is 11.4 Å². The fourth-order valence-electron chi connectivity index (χ4n) is 1.99. The second-order valence-electron chi connectivity index (χ2n) is 4.30. The van der Waals surface area contributed by atoms with Crippen molar-refractivity contribution in [1.29, 1.82) is 0 Å². The number of aromatic nitrogens is 3. The van der Waals surface area contributed by atoms with Crippen LogP contribution in [0.4, 0.5) is 0 Å². The van der Waals surface area contributed by atoms with Crippen LogP contribution < -0.4 is 0 Å². The molecule has 0 radical (unpaired) electrons. The highest BCUT2D eigenvalue weighted by Crippen LogP contribution is 2.17. The number of fused-ring (bicyclic) bond motifs is 1. The average molecular weight is 314 g/mol. The first kappa shape index (κ1) is 12.1. The summed E-state index contributed by atoms with van der Waals surface area (Å²) in [4.78, 5) is 4.27. The fourth-order valence-corrected chi connectivity index (χ4v) is 2.41. The molecule has 0 amide bonds. The summed E-state index contributed by atoms with van der Waals surface area (Å²) in [5.74, 6) is 0.819. The molecular formula is C15H12BrN3. The Morgan fingerprint density at radius 3 is 2.58 bits per heavy atom. The van der Waals surface area contributed by atoms with Crippen LogP contribution in [0.5, 0.6) is 0 Å². The van der Waals surface area contributed by atoms with E-state index in [4.69, 9.17) is 0 Å². The maximum atomic E-state index is 4.27. The van der Waals surface area contributed by atoms with Gasteiger partial charge in [-0.1, -0.05) is 42.5 Å². The number of halogens is 1. The molecule has 0 spiro atoms. The van der Waals surface area contributed by atoms with E-state index in [9.17, 15) is 0 Å². The van der Waals surface area contributed by atoms with Crippen molar-refractivity contribution in [2.45, 2.75) is 0 Å². The minimum atomic E-state index is 0.605. The van der Waals surface area contributed by atoms with E-state index in [2.05, 4.69) is 68.5 Å². The van der Waals surface area contributed by atoms with Crippen LogP contribution in [0.1, 0.15) is 11.4 Å². The van der Waals surface area contributed by atoms with E-state index < -0.39 is 0 Å². The molecule has 0 N–H and O–H groups in total. The largest absolute Gasteiger partial charge is 0.248 e. The Hall–Kier alpha value is -1.94. The second kappa shape index (κ2) is 4.97. The zero-order valence-electron chi connectivity index (χ0n) is 10.4. The molecule has 94 valence electrons. The number of nitrogens with zero attached hydrogens (tertiary/aromatic N) is 3. The zero-order valence-corrected chi connectivity index (χ0v) is 12.0. The maximum Gasteiger partial charge on any atom is 0.217 e. The van der Waals surface area contributed by atoms with Crippen molar-refractivity contribution < 1.29 is 0 Å². The molecule has 0 atom stereocenters. The van der Waals surface area contributed by atoms with Crippen LogP contribution in [0.3, 0.4) is 0 Å². The van der Waals surface area contributed by atoms with Crippen LogP contribution in [0.2, 0.25) is 0 Å². The standard InChI is InChI=1S/C15H12BrN3/c1-19-14(17-15(16)18-19)9-7-11-6-8-12-4-2-3-5-13(12)10-11/h2-10H,1H3/b9-7+. The predicted molar refractivity (Wildman–Crippen MR) is 81.6 cm³/mol. The van der Waals surface area contributed by atoms with Crippen molar-refractivity contribution in [3.63, 3.8) is 0 Å². The van der Waals surface area contributed by atoms with Gasteiger partial charge in [-0.3, -0.25) is 0 Å². The summed E-state index contributed by atoms with van der Waals surface area (Å²) in [6.07, 6.45) is 4.00. The zero-order chi connectivity index (χ0) is 13.2. The number of hydrogen-bond acceptors (Lipinski definition) is 2. The van der Waals surface area contributed by atoms with Crippen LogP contribution >= 0.6 is 15.9 Å². The molecule has 0 bridgehead atoms. The lowest BCUT2D eigenvalue weighted by atomic mass is 10.1. The number of benzene rings is 2. The van der Waals surface area contributed by atoms with Gasteiger partial charge in [-0.25, -0.2) is 9.67 Å². The van der Waals surface area contributed by atoms with Gasteiger partial charge in [0.25, 0.3) is 0 Å². The van der Waals surface area contributed by atoms with Gasteiger partial charge in [-0.2, -0.15) is 0 Å². The van der Waals surface area contributed by atoms with Crippen LogP contribution in [-0.4, -0.2) is 14.8 Å². The van der Waals surface area contributed by atoms with Crippen LogP contribution in [0.15, 0.2) is 47.2 Å². The molecule has 0 saturated heterocycles. The number of rotatable bonds is 2. The van der Waals surface area contributed by atoms with Gasteiger partial charge in [0, 0.05) is 7.05 Å². The summed E-state index contributed by atoms with van der Waals surface area (Å²) in [7, 11) is 1.87. The molecule has 0 saturated carbocycles. The third kappa shape index (κ3) is 2.58. The Morgan fingerprint density at radius 2 is 1.84 bits per heavy atom. The third-order valence-corrected chi connectivity index (χ3v) is 3.31. The van der Waals surface area contributed by atoms with Gasteiger partial charge in [0.05, 0.1) is 0 Å². The first-order valence-corrected chi connectivity index (χ1v) is 6.75. The maximum absolute atomic E-state index is 4.27. The highest BCUT2D eigenvalue weighted by atomic mass is 79.9. The van der Waals surface area contributed by atoms with Gasteiger partial charge in [0.1, 0.15) is 0 Å². The Labute approximate surface area is 119 Å². The van der Waals surface area contributed by atoms with Gasteiger partial charge in [0.2, 0.25) is 4.73 Å². The van der Waals surface area contributed by atoms with Crippen molar-refractivity contribution in [3.8, 4) is 0 Å². The first-order valence-electron chi connectivity index (χ1n) is 5.96. The van der Waals surface area contributed by atoms with Crippen molar-refractivity contribution in [2.75, 3.05) is 0 Å². The van der Waals surface area contributed by atoms with Crippen molar-refractivity contribution in [2.24, 2.45) is 7.05 Å². The van der Waals surface area contributed by atoms with Gasteiger partial charge in [-0.05, 0) is 44.4 Å². The van der Waals surface area contributed by atoms with Gasteiger partial charge < -0.3 is 0 Å². The summed E-state index contributed by atoms with van der Waals surface area (Å²) in [6.45, 7) is 0.